The summed E-state index contributed by atoms with van der Waals surface area (Å²) in [5.74, 6) is 1.47. The standard InChI is InChI=1S/C30H35F3N6O2/c1-19-6-5-9-37(14-19)15-20-10-25(30(31,32)33)26-17-38(29(40)39(26)16-20)23-8-4-7-21(11-23)27(22-12-24(13-22)41-3)28-35-34-18-36(28)2/h4,7-8,10-11,16-19,22,24,27H,5-6,9,12-15H2,1-3H3/t19-,22?,24?,27-/m0/s1. The SMILES string of the molecule is COC1CC([C@H](c2cccc(-n3cc4c(C(F)(F)F)cc(CN5CCC[C@H](C)C5)cn4c3=O)c2)c2nncn2C)C1. The van der Waals surface area contributed by atoms with Gasteiger partial charge in [-0.15, -0.1) is 10.2 Å². The van der Waals surface area contributed by atoms with E-state index in [0.717, 1.165) is 54.6 Å². The molecule has 2 atom stereocenters. The number of aryl methyl sites for hydroxylation is 1. The van der Waals surface area contributed by atoms with Gasteiger partial charge in [0.25, 0.3) is 0 Å². The number of methoxy groups -OCH3 is 1. The second-order valence-corrected chi connectivity index (χ2v) is 11.7. The third kappa shape index (κ3) is 5.32. The van der Waals surface area contributed by atoms with Gasteiger partial charge >= 0.3 is 11.9 Å². The Morgan fingerprint density at radius 3 is 2.66 bits per heavy atom. The maximum atomic E-state index is 14.3. The van der Waals surface area contributed by atoms with E-state index in [-0.39, 0.29) is 23.5 Å². The number of fused-ring (bicyclic) bond motifs is 1. The lowest BCUT2D eigenvalue weighted by atomic mass is 9.70. The van der Waals surface area contributed by atoms with Crippen molar-refractivity contribution in [1.82, 2.24) is 28.6 Å². The number of hydrogen-bond acceptors (Lipinski definition) is 5. The van der Waals surface area contributed by atoms with Crippen LogP contribution in [0.1, 0.15) is 61.0 Å². The third-order valence-corrected chi connectivity index (χ3v) is 8.74. The highest BCUT2D eigenvalue weighted by Gasteiger charge is 2.39. The van der Waals surface area contributed by atoms with Gasteiger partial charge in [-0.05, 0) is 73.4 Å². The average Bonchev–Trinajstić information content (AvgIpc) is 3.47. The summed E-state index contributed by atoms with van der Waals surface area (Å²) in [6, 6.07) is 8.64. The lowest BCUT2D eigenvalue weighted by Gasteiger charge is -2.39. The molecule has 0 N–H and O–H groups in total. The van der Waals surface area contributed by atoms with Crippen molar-refractivity contribution < 1.29 is 17.9 Å². The van der Waals surface area contributed by atoms with E-state index in [0.29, 0.717) is 23.7 Å². The molecule has 0 spiro atoms. The summed E-state index contributed by atoms with van der Waals surface area (Å²) in [6.07, 6.45) is 3.97. The van der Waals surface area contributed by atoms with Crippen LogP contribution >= 0.6 is 0 Å². The van der Waals surface area contributed by atoms with Crippen LogP contribution in [0.15, 0.2) is 53.8 Å². The number of imidazole rings is 1. The number of likely N-dealkylation sites (tertiary alicyclic amines) is 1. The van der Waals surface area contributed by atoms with Gasteiger partial charge in [0, 0.05) is 45.6 Å². The Labute approximate surface area is 236 Å². The van der Waals surface area contributed by atoms with Crippen LogP contribution in [0.5, 0.6) is 0 Å². The molecule has 4 aromatic rings. The van der Waals surface area contributed by atoms with E-state index < -0.39 is 17.4 Å². The number of nitrogens with zero attached hydrogens (tertiary/aromatic N) is 6. The molecule has 0 bridgehead atoms. The molecule has 1 saturated carbocycles. The molecule has 2 fully saturated rings. The van der Waals surface area contributed by atoms with Crippen LogP contribution in [0.3, 0.4) is 0 Å². The lowest BCUT2D eigenvalue weighted by molar-refractivity contribution is -0.136. The number of ether oxygens (including phenoxy) is 1. The maximum absolute atomic E-state index is 14.3. The zero-order valence-corrected chi connectivity index (χ0v) is 23.5. The molecule has 8 nitrogen and oxygen atoms in total. The lowest BCUT2D eigenvalue weighted by Crippen LogP contribution is -2.35. The molecule has 2 aliphatic rings. The number of aromatic nitrogens is 5. The molecule has 41 heavy (non-hydrogen) atoms. The van der Waals surface area contributed by atoms with Gasteiger partial charge in [-0.25, -0.2) is 4.79 Å². The van der Waals surface area contributed by atoms with E-state index in [4.69, 9.17) is 4.74 Å². The zero-order chi connectivity index (χ0) is 28.9. The van der Waals surface area contributed by atoms with Crippen LogP contribution in [-0.2, 0) is 24.5 Å². The molecule has 6 rings (SSSR count). The van der Waals surface area contributed by atoms with Crippen molar-refractivity contribution in [2.24, 2.45) is 18.9 Å². The van der Waals surface area contributed by atoms with E-state index in [2.05, 4.69) is 22.0 Å². The summed E-state index contributed by atoms with van der Waals surface area (Å²) in [4.78, 5) is 15.8. The number of benzene rings is 1. The van der Waals surface area contributed by atoms with Crippen LogP contribution in [-0.4, -0.2) is 54.9 Å². The van der Waals surface area contributed by atoms with Crippen LogP contribution < -0.4 is 5.69 Å². The van der Waals surface area contributed by atoms with Crippen molar-refractivity contribution in [2.75, 3.05) is 20.2 Å². The van der Waals surface area contributed by atoms with Crippen molar-refractivity contribution in [3.63, 3.8) is 0 Å². The van der Waals surface area contributed by atoms with E-state index in [1.807, 2.05) is 29.8 Å². The highest BCUT2D eigenvalue weighted by molar-refractivity contribution is 5.58. The number of pyridine rings is 1. The predicted molar refractivity (Wildman–Crippen MR) is 148 cm³/mol. The normalized spacial score (nSPS) is 22.6. The first kappa shape index (κ1) is 27.7. The smallest absolute Gasteiger partial charge is 0.381 e. The first-order valence-corrected chi connectivity index (χ1v) is 14.2. The molecule has 1 aromatic carbocycles. The number of hydrogen-bond donors (Lipinski definition) is 0. The minimum atomic E-state index is -4.60. The maximum Gasteiger partial charge on any atom is 0.418 e. The molecule has 0 amide bonds. The Kier molecular flexibility index (Phi) is 7.27. The molecule has 1 aliphatic carbocycles. The molecule has 1 aliphatic heterocycles. The van der Waals surface area contributed by atoms with Gasteiger partial charge in [0.15, 0.2) is 0 Å². The Balaban J connectivity index is 1.41. The van der Waals surface area contributed by atoms with Crippen molar-refractivity contribution >= 4 is 5.52 Å². The van der Waals surface area contributed by atoms with Crippen molar-refractivity contribution in [1.29, 1.82) is 0 Å². The largest absolute Gasteiger partial charge is 0.418 e. The van der Waals surface area contributed by atoms with Gasteiger partial charge < -0.3 is 9.30 Å². The van der Waals surface area contributed by atoms with Gasteiger partial charge in [0.05, 0.1) is 22.9 Å². The van der Waals surface area contributed by atoms with Gasteiger partial charge in [-0.3, -0.25) is 13.9 Å². The topological polar surface area (TPSA) is 69.6 Å². The van der Waals surface area contributed by atoms with Crippen molar-refractivity contribution in [2.45, 2.75) is 57.3 Å². The second kappa shape index (κ2) is 10.8. The van der Waals surface area contributed by atoms with E-state index in [9.17, 15) is 18.0 Å². The highest BCUT2D eigenvalue weighted by Crippen LogP contribution is 2.44. The third-order valence-electron chi connectivity index (χ3n) is 8.74. The molecular formula is C30H35F3N6O2. The molecule has 1 saturated heterocycles. The minimum Gasteiger partial charge on any atom is -0.381 e. The Morgan fingerprint density at radius 1 is 1.17 bits per heavy atom. The average molecular weight is 569 g/mol. The van der Waals surface area contributed by atoms with E-state index in [1.165, 1.54) is 16.8 Å². The van der Waals surface area contributed by atoms with E-state index >= 15 is 0 Å². The Morgan fingerprint density at radius 2 is 1.98 bits per heavy atom. The fraction of sp³-hybridized carbons (Fsp3) is 0.500. The van der Waals surface area contributed by atoms with Crippen LogP contribution in [0.25, 0.3) is 11.2 Å². The summed E-state index contributed by atoms with van der Waals surface area (Å²) >= 11 is 0. The quantitative estimate of drug-likeness (QED) is 0.313. The van der Waals surface area contributed by atoms with Gasteiger partial charge in [0.1, 0.15) is 12.2 Å². The number of alkyl halides is 3. The summed E-state index contributed by atoms with van der Waals surface area (Å²) in [5, 5.41) is 8.44. The highest BCUT2D eigenvalue weighted by atomic mass is 19.4. The molecule has 4 heterocycles. The molecule has 11 heteroatoms. The zero-order valence-electron chi connectivity index (χ0n) is 23.5. The Bertz CT molecular complexity index is 1600. The summed E-state index contributed by atoms with van der Waals surface area (Å²) in [6.45, 7) is 4.21. The summed E-state index contributed by atoms with van der Waals surface area (Å²) in [5.41, 5.74) is 0.420. The molecule has 0 unspecified atom stereocenters. The number of halogens is 3. The van der Waals surface area contributed by atoms with Crippen molar-refractivity contribution in [3.8, 4) is 5.69 Å². The van der Waals surface area contributed by atoms with Crippen molar-refractivity contribution in [3.05, 3.63) is 82.1 Å². The monoisotopic (exact) mass is 568 g/mol. The first-order chi connectivity index (χ1) is 19.6. The van der Waals surface area contributed by atoms with Crippen LogP contribution in [0, 0.1) is 11.8 Å². The molecule has 0 radical (unpaired) electrons. The van der Waals surface area contributed by atoms with E-state index in [1.54, 1.807) is 25.7 Å². The molecular weight excluding hydrogens is 533 g/mol. The number of piperidine rings is 1. The first-order valence-electron chi connectivity index (χ1n) is 14.2. The van der Waals surface area contributed by atoms with Gasteiger partial charge in [-0.1, -0.05) is 19.1 Å². The second-order valence-electron chi connectivity index (χ2n) is 11.7. The fourth-order valence-corrected chi connectivity index (χ4v) is 6.58. The molecule has 218 valence electrons. The van der Waals surface area contributed by atoms with Gasteiger partial charge in [-0.2, -0.15) is 13.2 Å². The fourth-order valence-electron chi connectivity index (χ4n) is 6.58. The van der Waals surface area contributed by atoms with Crippen LogP contribution in [0.4, 0.5) is 13.2 Å². The predicted octanol–water partition coefficient (Wildman–Crippen LogP) is 5.03. The minimum absolute atomic E-state index is 0.0918. The number of rotatable bonds is 7. The molecule has 3 aromatic heterocycles. The summed E-state index contributed by atoms with van der Waals surface area (Å²) < 4.78 is 52.7. The Hall–Kier alpha value is -3.44. The summed E-state index contributed by atoms with van der Waals surface area (Å²) in [7, 11) is 3.60. The van der Waals surface area contributed by atoms with Crippen LogP contribution in [0.2, 0.25) is 0 Å². The van der Waals surface area contributed by atoms with Gasteiger partial charge in [0.2, 0.25) is 0 Å².